The normalized spacial score (nSPS) is 83.2. The minimum Gasteiger partial charge on any atom is -0.379 e. The minimum absolute atomic E-state index is 0.161. The molecule has 10 atom stereocenters. The molecule has 0 unspecified atom stereocenters. The van der Waals surface area contributed by atoms with Gasteiger partial charge < -0.3 is 16.2 Å². The van der Waals surface area contributed by atoms with Gasteiger partial charge in [-0.15, -0.1) is 0 Å². The molecule has 7 rings (SSSR count). The fraction of sp³-hybridized carbons (Fsp3) is 0.917. The summed E-state index contributed by atoms with van der Waals surface area (Å²) >= 11 is 0. The van der Waals surface area contributed by atoms with Crippen LogP contribution in [-0.2, 0) is 4.79 Å². The average Bonchev–Trinajstić information content (AvgIpc) is 2.66. The molecule has 0 aromatic rings. The smallest absolute Gasteiger partial charge is 0.254 e. The number of fused-ring (bicyclic) bond motifs is 1. The number of nitrogens with one attached hydrogen (secondary N) is 1. The molecule has 0 aromatic heterocycles. The Labute approximate surface area is 92.6 Å². The summed E-state index contributed by atoms with van der Waals surface area (Å²) in [5.74, 6) is 3.70. The number of rotatable bonds is 0. The third kappa shape index (κ3) is 0.371. The molecular weight excluding hydrogens is 204 g/mol. The van der Waals surface area contributed by atoms with E-state index in [0.29, 0.717) is 29.6 Å². The van der Waals surface area contributed by atoms with Gasteiger partial charge in [0.05, 0.1) is 5.66 Å². The molecule has 2 heterocycles. The van der Waals surface area contributed by atoms with Crippen LogP contribution in [0.5, 0.6) is 0 Å². The first-order valence-electron chi connectivity index (χ1n) is 6.44. The van der Waals surface area contributed by atoms with Gasteiger partial charge in [-0.25, -0.2) is 0 Å². The van der Waals surface area contributed by atoms with Gasteiger partial charge in [0.1, 0.15) is 5.60 Å². The molecule has 0 radical (unpaired) electrons. The van der Waals surface area contributed by atoms with E-state index in [2.05, 4.69) is 5.32 Å². The van der Waals surface area contributed by atoms with Crippen molar-refractivity contribution in [2.75, 3.05) is 0 Å². The number of aliphatic hydroxyl groups is 1. The number of amides is 1. The largest absolute Gasteiger partial charge is 0.379 e. The van der Waals surface area contributed by atoms with E-state index in [1.807, 2.05) is 0 Å². The van der Waals surface area contributed by atoms with Crippen LogP contribution < -0.4 is 11.1 Å². The zero-order valence-electron chi connectivity index (χ0n) is 8.76. The number of hydrogen-bond acceptors (Lipinski definition) is 3. The highest BCUT2D eigenvalue weighted by Crippen LogP contribution is 2.87. The molecule has 7 fully saturated rings. The standard InChI is InChI=1S/C12H14N2O2/c13-12-7-3-1-2-4-5(3)9(12)8(4)11(16,6(2)7)10(15)14-12/h2-9,16H,1,13H2,(H,14,15)/t2-,3-,4+,5+,6+,7-,8+,9-,11+,12-/m0/s1. The topological polar surface area (TPSA) is 75.3 Å². The van der Waals surface area contributed by atoms with E-state index in [1.54, 1.807) is 0 Å². The lowest BCUT2D eigenvalue weighted by molar-refractivity contribution is -0.207. The maximum absolute atomic E-state index is 12.1. The van der Waals surface area contributed by atoms with Crippen molar-refractivity contribution in [3.8, 4) is 0 Å². The molecule has 5 aliphatic carbocycles. The Hall–Kier alpha value is -0.610. The summed E-state index contributed by atoms with van der Waals surface area (Å²) in [6, 6.07) is 0. The summed E-state index contributed by atoms with van der Waals surface area (Å²) in [7, 11) is 0. The van der Waals surface area contributed by atoms with Gasteiger partial charge in [-0.3, -0.25) is 4.79 Å². The lowest BCUT2D eigenvalue weighted by Gasteiger charge is -2.62. The number of carbonyl (C=O) groups is 1. The molecule has 0 aromatic carbocycles. The lowest BCUT2D eigenvalue weighted by Crippen LogP contribution is -2.83. The van der Waals surface area contributed by atoms with Crippen LogP contribution in [0.1, 0.15) is 6.42 Å². The van der Waals surface area contributed by atoms with E-state index in [0.717, 1.165) is 5.92 Å². The zero-order chi connectivity index (χ0) is 10.6. The molecule has 2 aliphatic heterocycles. The minimum atomic E-state index is -1.03. The summed E-state index contributed by atoms with van der Waals surface area (Å²) in [6.07, 6.45) is 1.23. The molecule has 16 heavy (non-hydrogen) atoms. The molecule has 4 nitrogen and oxygen atoms in total. The SMILES string of the molecule is N[C@@]12NC(=O)[C@@]3(O)[C@@H]4[C@H]5C[C@@H]([C@@H]6[C@@H]5[C@@H]3[C@H]61)[C@@H]42. The van der Waals surface area contributed by atoms with E-state index in [9.17, 15) is 9.90 Å². The van der Waals surface area contributed by atoms with Crippen molar-refractivity contribution in [2.24, 2.45) is 53.1 Å². The van der Waals surface area contributed by atoms with E-state index in [4.69, 9.17) is 5.73 Å². The molecule has 7 aliphatic rings. The fourth-order valence-corrected chi connectivity index (χ4v) is 7.49. The number of hydrogen-bond donors (Lipinski definition) is 3. The van der Waals surface area contributed by atoms with Gasteiger partial charge in [-0.1, -0.05) is 0 Å². The van der Waals surface area contributed by atoms with E-state index in [1.165, 1.54) is 6.42 Å². The van der Waals surface area contributed by atoms with Gasteiger partial charge in [0.2, 0.25) is 0 Å². The fourth-order valence-electron chi connectivity index (χ4n) is 7.49. The van der Waals surface area contributed by atoms with Crippen molar-refractivity contribution < 1.29 is 9.90 Å². The van der Waals surface area contributed by atoms with Crippen molar-refractivity contribution in [3.05, 3.63) is 0 Å². The maximum atomic E-state index is 12.1. The molecule has 4 bridgehead atoms. The highest BCUT2D eigenvalue weighted by molar-refractivity contribution is 5.91. The Morgan fingerprint density at radius 3 is 2.69 bits per heavy atom. The molecule has 4 heteroatoms. The van der Waals surface area contributed by atoms with Gasteiger partial charge in [0, 0.05) is 23.7 Å². The first-order valence-corrected chi connectivity index (χ1v) is 6.44. The van der Waals surface area contributed by atoms with Crippen LogP contribution >= 0.6 is 0 Å². The Morgan fingerprint density at radius 1 is 1.19 bits per heavy atom. The van der Waals surface area contributed by atoms with Crippen molar-refractivity contribution in [3.63, 3.8) is 0 Å². The maximum Gasteiger partial charge on any atom is 0.254 e. The van der Waals surface area contributed by atoms with E-state index >= 15 is 0 Å². The molecule has 2 saturated heterocycles. The first kappa shape index (κ1) is 7.67. The van der Waals surface area contributed by atoms with Crippen LogP contribution in [0.4, 0.5) is 0 Å². The van der Waals surface area contributed by atoms with Crippen LogP contribution in [0, 0.1) is 47.3 Å². The summed E-state index contributed by atoms with van der Waals surface area (Å²) < 4.78 is 0. The van der Waals surface area contributed by atoms with Crippen molar-refractivity contribution in [1.82, 2.24) is 5.32 Å². The van der Waals surface area contributed by atoms with Gasteiger partial charge in [-0.05, 0) is 30.1 Å². The van der Waals surface area contributed by atoms with Gasteiger partial charge >= 0.3 is 0 Å². The third-order valence-corrected chi connectivity index (χ3v) is 7.32. The Balaban J connectivity index is 1.78. The molecule has 5 saturated carbocycles. The van der Waals surface area contributed by atoms with Crippen molar-refractivity contribution >= 4 is 5.91 Å². The number of carbonyl (C=O) groups excluding carboxylic acids is 1. The van der Waals surface area contributed by atoms with Crippen LogP contribution in [-0.4, -0.2) is 22.3 Å². The summed E-state index contributed by atoms with van der Waals surface area (Å²) in [5, 5.41) is 13.8. The predicted octanol–water partition coefficient (Wildman–Crippen LogP) is -1.11. The zero-order valence-corrected chi connectivity index (χ0v) is 8.76. The summed E-state index contributed by atoms with van der Waals surface area (Å²) in [5.41, 5.74) is 5.02. The second kappa shape index (κ2) is 1.58. The molecule has 1 amide bonds. The molecule has 0 spiro atoms. The Morgan fingerprint density at radius 2 is 1.88 bits per heavy atom. The molecule has 84 valence electrons. The summed E-state index contributed by atoms with van der Waals surface area (Å²) in [6.45, 7) is 0. The van der Waals surface area contributed by atoms with E-state index in [-0.39, 0.29) is 17.7 Å². The van der Waals surface area contributed by atoms with Gasteiger partial charge in [0.15, 0.2) is 0 Å². The van der Waals surface area contributed by atoms with Gasteiger partial charge in [0.25, 0.3) is 5.91 Å². The van der Waals surface area contributed by atoms with Crippen LogP contribution in [0.2, 0.25) is 0 Å². The average molecular weight is 218 g/mol. The van der Waals surface area contributed by atoms with E-state index < -0.39 is 11.3 Å². The quantitative estimate of drug-likeness (QED) is 0.482. The van der Waals surface area contributed by atoms with Crippen molar-refractivity contribution in [1.29, 1.82) is 0 Å². The molecule has 4 N–H and O–H groups in total. The number of nitrogens with two attached hydrogens (primary N) is 1. The monoisotopic (exact) mass is 218 g/mol. The second-order valence-corrected chi connectivity index (χ2v) is 7.03. The van der Waals surface area contributed by atoms with Crippen LogP contribution in [0.25, 0.3) is 0 Å². The highest BCUT2D eigenvalue weighted by atomic mass is 16.3. The first-order chi connectivity index (χ1) is 7.60. The van der Waals surface area contributed by atoms with Crippen LogP contribution in [0.15, 0.2) is 0 Å². The van der Waals surface area contributed by atoms with Gasteiger partial charge in [-0.2, -0.15) is 0 Å². The lowest BCUT2D eigenvalue weighted by atomic mass is 9.50. The van der Waals surface area contributed by atoms with Crippen molar-refractivity contribution in [2.45, 2.75) is 17.7 Å². The third-order valence-electron chi connectivity index (χ3n) is 7.32. The molecular formula is C12H14N2O2. The predicted molar refractivity (Wildman–Crippen MR) is 52.5 cm³/mol. The summed E-state index contributed by atoms with van der Waals surface area (Å²) in [4.78, 5) is 12.1. The number of piperidine rings is 2. The van der Waals surface area contributed by atoms with Crippen LogP contribution in [0.3, 0.4) is 0 Å². The Kier molecular flexibility index (Phi) is 0.758. The highest BCUT2D eigenvalue weighted by Gasteiger charge is 2.94. The second-order valence-electron chi connectivity index (χ2n) is 7.03. The Bertz CT molecular complexity index is 493.